The van der Waals surface area contributed by atoms with Crippen LogP contribution < -0.4 is 18.9 Å². The number of ether oxygens (including phenoxy) is 4. The van der Waals surface area contributed by atoms with E-state index in [1.807, 2.05) is 28.8 Å². The molecule has 9 heteroatoms. The largest absolute Gasteiger partial charge is 0.493 e. The second kappa shape index (κ2) is 7.51. The predicted octanol–water partition coefficient (Wildman–Crippen LogP) is 2.80. The molecule has 0 N–H and O–H groups in total. The molecule has 0 radical (unpaired) electrons. The normalized spacial score (nSPS) is 15.2. The van der Waals surface area contributed by atoms with Crippen LogP contribution in [0.2, 0.25) is 0 Å². The van der Waals surface area contributed by atoms with Crippen molar-refractivity contribution >= 4 is 11.2 Å². The molecule has 1 unspecified atom stereocenters. The van der Waals surface area contributed by atoms with Crippen LogP contribution in [0.25, 0.3) is 11.2 Å². The molecule has 30 heavy (non-hydrogen) atoms. The van der Waals surface area contributed by atoms with Crippen molar-refractivity contribution in [1.29, 1.82) is 0 Å². The van der Waals surface area contributed by atoms with Gasteiger partial charge in [-0.25, -0.2) is 19.9 Å². The van der Waals surface area contributed by atoms with Crippen LogP contribution in [0.1, 0.15) is 17.4 Å². The van der Waals surface area contributed by atoms with Gasteiger partial charge in [-0.1, -0.05) is 0 Å². The summed E-state index contributed by atoms with van der Waals surface area (Å²) >= 11 is 0. The van der Waals surface area contributed by atoms with Gasteiger partial charge < -0.3 is 23.5 Å². The van der Waals surface area contributed by atoms with Crippen LogP contribution >= 0.6 is 0 Å². The third-order valence-corrected chi connectivity index (χ3v) is 4.87. The van der Waals surface area contributed by atoms with Crippen molar-refractivity contribution in [3.8, 4) is 23.1 Å². The van der Waals surface area contributed by atoms with Gasteiger partial charge in [-0.3, -0.25) is 0 Å². The molecule has 5 rings (SSSR count). The first-order valence-electron chi connectivity index (χ1n) is 9.37. The van der Waals surface area contributed by atoms with E-state index < -0.39 is 6.10 Å². The lowest BCUT2D eigenvalue weighted by molar-refractivity contribution is 0.0837. The standard InChI is InChI=1S/C21H19N5O4/c1-27-16-6-13(10-26-12-25-14-4-3-5-22-21(14)26)7-17-20(16)30-18(11-29-17)15-8-24-19(28-2)9-23-15/h3-9,12,18H,10-11H2,1-2H3. The second-order valence-corrected chi connectivity index (χ2v) is 6.75. The van der Waals surface area contributed by atoms with Crippen LogP contribution in [0.3, 0.4) is 0 Å². The third-order valence-electron chi connectivity index (χ3n) is 4.87. The van der Waals surface area contributed by atoms with Crippen molar-refractivity contribution in [2.75, 3.05) is 20.8 Å². The highest BCUT2D eigenvalue weighted by molar-refractivity contribution is 5.70. The molecule has 0 bridgehead atoms. The summed E-state index contributed by atoms with van der Waals surface area (Å²) < 4.78 is 24.8. The Morgan fingerprint density at radius 3 is 2.83 bits per heavy atom. The van der Waals surface area contributed by atoms with Gasteiger partial charge in [0.25, 0.3) is 0 Å². The van der Waals surface area contributed by atoms with Crippen molar-refractivity contribution < 1.29 is 18.9 Å². The summed E-state index contributed by atoms with van der Waals surface area (Å²) in [4.78, 5) is 17.3. The maximum absolute atomic E-state index is 6.15. The fourth-order valence-electron chi connectivity index (χ4n) is 3.39. The fourth-order valence-corrected chi connectivity index (χ4v) is 3.39. The maximum atomic E-state index is 6.15. The number of pyridine rings is 1. The Hall–Kier alpha value is -3.88. The van der Waals surface area contributed by atoms with E-state index in [1.54, 1.807) is 39.1 Å². The molecule has 0 amide bonds. The second-order valence-electron chi connectivity index (χ2n) is 6.75. The molecule has 0 aliphatic carbocycles. The van der Waals surface area contributed by atoms with Crippen LogP contribution in [-0.4, -0.2) is 45.3 Å². The lowest BCUT2D eigenvalue weighted by Gasteiger charge is -2.27. The molecule has 0 spiro atoms. The summed E-state index contributed by atoms with van der Waals surface area (Å²) in [5.74, 6) is 2.20. The van der Waals surface area contributed by atoms with Crippen LogP contribution in [-0.2, 0) is 6.54 Å². The molecule has 4 aromatic rings. The monoisotopic (exact) mass is 405 g/mol. The summed E-state index contributed by atoms with van der Waals surface area (Å²) in [6, 6.07) is 7.68. The van der Waals surface area contributed by atoms with Gasteiger partial charge in [0.15, 0.2) is 23.3 Å². The molecule has 9 nitrogen and oxygen atoms in total. The zero-order valence-corrected chi connectivity index (χ0v) is 16.5. The quantitative estimate of drug-likeness (QED) is 0.500. The fraction of sp³-hybridized carbons (Fsp3) is 0.238. The van der Waals surface area contributed by atoms with Crippen LogP contribution in [0.5, 0.6) is 23.1 Å². The number of rotatable bonds is 5. The minimum Gasteiger partial charge on any atom is -0.493 e. The van der Waals surface area contributed by atoms with Crippen molar-refractivity contribution in [1.82, 2.24) is 24.5 Å². The molecule has 1 aliphatic rings. The molecule has 1 aliphatic heterocycles. The van der Waals surface area contributed by atoms with Crippen LogP contribution in [0, 0.1) is 0 Å². The summed E-state index contributed by atoms with van der Waals surface area (Å²) in [5, 5.41) is 0. The number of fused-ring (bicyclic) bond motifs is 2. The first-order valence-corrected chi connectivity index (χ1v) is 9.37. The molecular formula is C21H19N5O4. The smallest absolute Gasteiger partial charge is 0.231 e. The van der Waals surface area contributed by atoms with Gasteiger partial charge in [0.2, 0.25) is 11.6 Å². The summed E-state index contributed by atoms with van der Waals surface area (Å²) in [6.07, 6.45) is 6.32. The molecule has 0 saturated heterocycles. The van der Waals surface area contributed by atoms with Gasteiger partial charge in [-0.15, -0.1) is 0 Å². The number of hydrogen-bond donors (Lipinski definition) is 0. The molecule has 4 heterocycles. The SMILES string of the molecule is COc1cnc(C2COc3cc(Cn4cnc5cccnc54)cc(OC)c3O2)cn1. The molecule has 0 saturated carbocycles. The van der Waals surface area contributed by atoms with E-state index in [0.29, 0.717) is 42.0 Å². The minimum atomic E-state index is -0.391. The van der Waals surface area contributed by atoms with Gasteiger partial charge >= 0.3 is 0 Å². The van der Waals surface area contributed by atoms with Gasteiger partial charge in [-0.05, 0) is 29.8 Å². The Balaban J connectivity index is 1.43. The zero-order chi connectivity index (χ0) is 20.5. The maximum Gasteiger partial charge on any atom is 0.231 e. The van der Waals surface area contributed by atoms with E-state index in [-0.39, 0.29) is 0 Å². The number of aromatic nitrogens is 5. The summed E-state index contributed by atoms with van der Waals surface area (Å²) in [5.41, 5.74) is 3.32. The topological polar surface area (TPSA) is 93.4 Å². The van der Waals surface area contributed by atoms with E-state index in [9.17, 15) is 0 Å². The van der Waals surface area contributed by atoms with E-state index >= 15 is 0 Å². The summed E-state index contributed by atoms with van der Waals surface area (Å²) in [7, 11) is 3.15. The Kier molecular flexibility index (Phi) is 4.55. The third kappa shape index (κ3) is 3.24. The minimum absolute atomic E-state index is 0.316. The molecule has 3 aromatic heterocycles. The molecular weight excluding hydrogens is 386 g/mol. The van der Waals surface area contributed by atoms with Crippen molar-refractivity contribution in [3.63, 3.8) is 0 Å². The van der Waals surface area contributed by atoms with Gasteiger partial charge in [-0.2, -0.15) is 0 Å². The van der Waals surface area contributed by atoms with E-state index in [1.165, 1.54) is 0 Å². The predicted molar refractivity (Wildman–Crippen MR) is 107 cm³/mol. The molecule has 152 valence electrons. The number of imidazole rings is 1. The number of methoxy groups -OCH3 is 2. The number of hydrogen-bond acceptors (Lipinski definition) is 8. The van der Waals surface area contributed by atoms with Crippen molar-refractivity contribution in [3.05, 3.63) is 60.4 Å². The lowest BCUT2D eigenvalue weighted by atomic mass is 10.1. The van der Waals surface area contributed by atoms with Crippen molar-refractivity contribution in [2.24, 2.45) is 0 Å². The average Bonchev–Trinajstić information content (AvgIpc) is 3.21. The molecule has 0 fully saturated rings. The van der Waals surface area contributed by atoms with Crippen molar-refractivity contribution in [2.45, 2.75) is 12.6 Å². The van der Waals surface area contributed by atoms with Crippen LogP contribution in [0.4, 0.5) is 0 Å². The number of nitrogens with zero attached hydrogens (tertiary/aromatic N) is 5. The Bertz CT molecular complexity index is 1170. The van der Waals surface area contributed by atoms with E-state index in [4.69, 9.17) is 18.9 Å². The first kappa shape index (κ1) is 18.2. The van der Waals surface area contributed by atoms with E-state index in [0.717, 1.165) is 16.7 Å². The Morgan fingerprint density at radius 1 is 1.10 bits per heavy atom. The van der Waals surface area contributed by atoms with Gasteiger partial charge in [0, 0.05) is 6.20 Å². The zero-order valence-electron chi connectivity index (χ0n) is 16.5. The lowest BCUT2D eigenvalue weighted by Crippen LogP contribution is -2.23. The highest BCUT2D eigenvalue weighted by Gasteiger charge is 2.28. The Morgan fingerprint density at radius 2 is 2.03 bits per heavy atom. The van der Waals surface area contributed by atoms with E-state index in [2.05, 4.69) is 19.9 Å². The molecule has 1 aromatic carbocycles. The highest BCUT2D eigenvalue weighted by atomic mass is 16.6. The highest BCUT2D eigenvalue weighted by Crippen LogP contribution is 2.44. The van der Waals surface area contributed by atoms with Gasteiger partial charge in [0.05, 0.1) is 39.5 Å². The first-order chi connectivity index (χ1) is 14.7. The van der Waals surface area contributed by atoms with Crippen LogP contribution in [0.15, 0.2) is 49.2 Å². The van der Waals surface area contributed by atoms with Gasteiger partial charge in [0.1, 0.15) is 17.8 Å². The average molecular weight is 405 g/mol. The molecule has 1 atom stereocenters. The summed E-state index contributed by atoms with van der Waals surface area (Å²) in [6.45, 7) is 0.893. The Labute approximate surface area is 172 Å². The number of benzene rings is 1.